The first-order valence-electron chi connectivity index (χ1n) is 13.3. The normalized spacial score (nSPS) is 11.8. The molecular weight excluding hydrogens is 532 g/mol. The first-order chi connectivity index (χ1) is 19.7. The smallest absolute Gasteiger partial charge is 0.408 e. The van der Waals surface area contributed by atoms with E-state index in [9.17, 15) is 24.0 Å². The molecule has 0 saturated carbocycles. The van der Waals surface area contributed by atoms with E-state index in [0.29, 0.717) is 6.42 Å². The number of urea groups is 1. The summed E-state index contributed by atoms with van der Waals surface area (Å²) in [4.78, 5) is 61.7. The predicted molar refractivity (Wildman–Crippen MR) is 149 cm³/mol. The number of nitrogens with one attached hydrogen (secondary N) is 6. The van der Waals surface area contributed by atoms with Crippen molar-refractivity contribution in [1.82, 2.24) is 32.3 Å². The van der Waals surface area contributed by atoms with Crippen LogP contribution >= 0.6 is 0 Å². The van der Waals surface area contributed by atoms with Gasteiger partial charge in [0, 0.05) is 0 Å². The molecule has 222 valence electrons. The first kappa shape index (κ1) is 32.4. The summed E-state index contributed by atoms with van der Waals surface area (Å²) in [6.45, 7) is 5.62. The highest BCUT2D eigenvalue weighted by atomic mass is 16.6. The van der Waals surface area contributed by atoms with Gasteiger partial charge in [-0.25, -0.2) is 25.2 Å². The van der Waals surface area contributed by atoms with E-state index in [1.165, 1.54) is 0 Å². The van der Waals surface area contributed by atoms with E-state index in [-0.39, 0.29) is 32.0 Å². The number of hydrogen-bond donors (Lipinski definition) is 6. The molecule has 0 aliphatic heterocycles. The minimum atomic E-state index is -0.992. The number of hydrogen-bond acceptors (Lipinski definition) is 7. The molecule has 0 aromatic heterocycles. The second kappa shape index (κ2) is 17.7. The van der Waals surface area contributed by atoms with Crippen molar-refractivity contribution in [3.8, 4) is 0 Å². The summed E-state index contributed by atoms with van der Waals surface area (Å²) >= 11 is 0. The second-order valence-corrected chi connectivity index (χ2v) is 9.49. The van der Waals surface area contributed by atoms with Gasteiger partial charge in [0.05, 0.1) is 0 Å². The number of amides is 6. The number of carbonyl (C=O) groups excluding carboxylic acids is 5. The fraction of sp³-hybridized carbons (Fsp3) is 0.393. The average Bonchev–Trinajstić information content (AvgIpc) is 2.96. The van der Waals surface area contributed by atoms with Crippen LogP contribution in [0, 0.1) is 5.92 Å². The van der Waals surface area contributed by atoms with Crippen molar-refractivity contribution in [3.05, 3.63) is 71.8 Å². The Bertz CT molecular complexity index is 1130. The van der Waals surface area contributed by atoms with Crippen molar-refractivity contribution in [3.63, 3.8) is 0 Å². The molecule has 0 unspecified atom stereocenters. The molecule has 0 heterocycles. The van der Waals surface area contributed by atoms with Crippen LogP contribution in [0.4, 0.5) is 14.4 Å². The molecule has 2 rings (SSSR count). The van der Waals surface area contributed by atoms with Crippen molar-refractivity contribution in [1.29, 1.82) is 0 Å². The topological polar surface area (TPSA) is 176 Å². The van der Waals surface area contributed by atoms with E-state index >= 15 is 0 Å². The lowest BCUT2D eigenvalue weighted by molar-refractivity contribution is -0.124. The van der Waals surface area contributed by atoms with Crippen LogP contribution < -0.4 is 32.3 Å². The molecule has 41 heavy (non-hydrogen) atoms. The molecule has 0 aliphatic rings. The molecule has 2 atom stereocenters. The zero-order valence-corrected chi connectivity index (χ0v) is 23.4. The fourth-order valence-electron chi connectivity index (χ4n) is 3.52. The van der Waals surface area contributed by atoms with Crippen molar-refractivity contribution >= 4 is 30.0 Å². The number of alkyl carbamates (subject to hydrolysis) is 2. The zero-order valence-electron chi connectivity index (χ0n) is 23.4. The Morgan fingerprint density at radius 3 is 1.54 bits per heavy atom. The summed E-state index contributed by atoms with van der Waals surface area (Å²) in [5.41, 5.74) is 10.2. The molecule has 13 nitrogen and oxygen atoms in total. The van der Waals surface area contributed by atoms with Gasteiger partial charge in [-0.15, -0.1) is 0 Å². The molecule has 13 heteroatoms. The van der Waals surface area contributed by atoms with Gasteiger partial charge in [-0.3, -0.25) is 20.4 Å². The van der Waals surface area contributed by atoms with Crippen molar-refractivity contribution in [2.24, 2.45) is 5.92 Å². The summed E-state index contributed by atoms with van der Waals surface area (Å²) in [5.74, 6) is -1.34. The Morgan fingerprint density at radius 2 is 1.10 bits per heavy atom. The van der Waals surface area contributed by atoms with Gasteiger partial charge in [0.1, 0.15) is 25.3 Å². The fourth-order valence-corrected chi connectivity index (χ4v) is 3.52. The lowest BCUT2D eigenvalue weighted by atomic mass is 10.0. The Hall–Kier alpha value is -4.81. The zero-order chi connectivity index (χ0) is 30.0. The Labute approximate surface area is 239 Å². The summed E-state index contributed by atoms with van der Waals surface area (Å²) < 4.78 is 10.3. The maximum Gasteiger partial charge on any atom is 0.408 e. The van der Waals surface area contributed by atoms with Crippen LogP contribution in [0.5, 0.6) is 0 Å². The summed E-state index contributed by atoms with van der Waals surface area (Å²) in [5, 5.41) is 4.96. The largest absolute Gasteiger partial charge is 0.445 e. The van der Waals surface area contributed by atoms with E-state index in [1.807, 2.05) is 57.2 Å². The summed E-state index contributed by atoms with van der Waals surface area (Å²) in [6.07, 6.45) is -0.447. The van der Waals surface area contributed by atoms with E-state index in [1.54, 1.807) is 24.3 Å². The van der Waals surface area contributed by atoms with Gasteiger partial charge in [0.25, 0.3) is 11.8 Å². The third-order valence-electron chi connectivity index (χ3n) is 5.53. The van der Waals surface area contributed by atoms with Gasteiger partial charge in [-0.05, 0) is 29.9 Å². The van der Waals surface area contributed by atoms with Gasteiger partial charge >= 0.3 is 18.2 Å². The van der Waals surface area contributed by atoms with Crippen molar-refractivity contribution < 1.29 is 33.4 Å². The molecule has 2 aromatic carbocycles. The third kappa shape index (κ3) is 13.2. The Kier molecular flexibility index (Phi) is 14.0. The minimum Gasteiger partial charge on any atom is -0.445 e. The van der Waals surface area contributed by atoms with E-state index in [4.69, 9.17) is 9.47 Å². The lowest BCUT2D eigenvalue weighted by Gasteiger charge is -2.21. The van der Waals surface area contributed by atoms with Crippen LogP contribution in [0.2, 0.25) is 0 Å². The van der Waals surface area contributed by atoms with Crippen LogP contribution in [-0.2, 0) is 32.3 Å². The first-order valence-corrected chi connectivity index (χ1v) is 13.3. The number of benzene rings is 2. The lowest BCUT2D eigenvalue weighted by Crippen LogP contribution is -2.58. The van der Waals surface area contributed by atoms with Crippen LogP contribution in [-0.4, -0.2) is 42.1 Å². The standard InChI is InChI=1S/C28H38N6O7/c1-4-11-22(29-27(38)40-17-20-12-7-5-8-13-20)24(35)31-33-26(37)34-32-25(36)23(16-19(2)3)30-28(39)41-18-21-14-9-6-10-15-21/h5-10,12-15,19,22-23H,4,11,16-18H2,1-3H3,(H,29,38)(H,30,39)(H,31,35)(H,32,36)(H2,33,34,37)/t22-,23-/m0/s1. The molecule has 0 aliphatic carbocycles. The molecule has 0 saturated heterocycles. The molecule has 2 aromatic rings. The molecule has 0 fully saturated rings. The van der Waals surface area contributed by atoms with Crippen LogP contribution in [0.1, 0.15) is 51.2 Å². The highest BCUT2D eigenvalue weighted by molar-refractivity contribution is 5.89. The van der Waals surface area contributed by atoms with Gasteiger partial charge < -0.3 is 20.1 Å². The second-order valence-electron chi connectivity index (χ2n) is 9.49. The SMILES string of the molecule is CCC[C@H](NC(=O)OCc1ccccc1)C(=O)NNC(=O)NNC(=O)[C@H](CC(C)C)NC(=O)OCc1ccccc1. The maximum atomic E-state index is 12.6. The van der Waals surface area contributed by atoms with Gasteiger partial charge in [-0.1, -0.05) is 87.9 Å². The highest BCUT2D eigenvalue weighted by Gasteiger charge is 2.24. The molecule has 6 N–H and O–H groups in total. The molecule has 0 radical (unpaired) electrons. The summed E-state index contributed by atoms with van der Waals surface area (Å²) in [6, 6.07) is 15.2. The molecule has 0 bridgehead atoms. The van der Waals surface area contributed by atoms with Gasteiger partial charge in [0.2, 0.25) is 0 Å². The van der Waals surface area contributed by atoms with Crippen molar-refractivity contribution in [2.75, 3.05) is 0 Å². The quantitative estimate of drug-likeness (QED) is 0.213. The predicted octanol–water partition coefficient (Wildman–Crippen LogP) is 2.78. The number of ether oxygens (including phenoxy) is 2. The molecule has 6 amide bonds. The number of carbonyl (C=O) groups is 5. The van der Waals surface area contributed by atoms with Gasteiger partial charge in [-0.2, -0.15) is 0 Å². The molecular formula is C28H38N6O7. The van der Waals surface area contributed by atoms with Crippen LogP contribution in [0.25, 0.3) is 0 Å². The Balaban J connectivity index is 1.77. The van der Waals surface area contributed by atoms with E-state index in [0.717, 1.165) is 11.1 Å². The number of hydrazine groups is 2. The highest BCUT2D eigenvalue weighted by Crippen LogP contribution is 2.07. The van der Waals surface area contributed by atoms with E-state index in [2.05, 4.69) is 32.3 Å². The monoisotopic (exact) mass is 570 g/mol. The van der Waals surface area contributed by atoms with Crippen LogP contribution in [0.15, 0.2) is 60.7 Å². The summed E-state index contributed by atoms with van der Waals surface area (Å²) in [7, 11) is 0. The maximum absolute atomic E-state index is 12.6. The Morgan fingerprint density at radius 1 is 0.659 bits per heavy atom. The number of rotatable bonds is 12. The van der Waals surface area contributed by atoms with Crippen molar-refractivity contribution in [2.45, 2.75) is 65.3 Å². The average molecular weight is 571 g/mol. The minimum absolute atomic E-state index is 0.0294. The van der Waals surface area contributed by atoms with Crippen LogP contribution in [0.3, 0.4) is 0 Å². The van der Waals surface area contributed by atoms with Gasteiger partial charge in [0.15, 0.2) is 0 Å². The molecule has 0 spiro atoms. The van der Waals surface area contributed by atoms with E-state index < -0.39 is 42.1 Å². The third-order valence-corrected chi connectivity index (χ3v) is 5.53.